The summed E-state index contributed by atoms with van der Waals surface area (Å²) >= 11 is 0. The maximum atomic E-state index is 12.7. The topological polar surface area (TPSA) is 105 Å². The number of sulfone groups is 1. The van der Waals surface area contributed by atoms with Gasteiger partial charge in [0, 0.05) is 5.69 Å². The molecular formula is C19H22N2O5S. The first kappa shape index (κ1) is 19.2. The molecule has 7 nitrogen and oxygen atoms in total. The Morgan fingerprint density at radius 1 is 1.19 bits per heavy atom. The Bertz CT molecular complexity index is 915. The first-order chi connectivity index (χ1) is 12.9. The van der Waals surface area contributed by atoms with Crippen molar-refractivity contribution in [2.45, 2.75) is 48.8 Å². The molecule has 1 heterocycles. The number of furan rings is 1. The van der Waals surface area contributed by atoms with Gasteiger partial charge in [0.15, 0.2) is 9.84 Å². The van der Waals surface area contributed by atoms with E-state index in [-0.39, 0.29) is 10.1 Å². The van der Waals surface area contributed by atoms with Crippen LogP contribution in [0.2, 0.25) is 0 Å². The molecule has 1 aliphatic rings. The van der Waals surface area contributed by atoms with E-state index >= 15 is 0 Å². The Balaban J connectivity index is 1.66. The molecule has 3 rings (SSSR count). The van der Waals surface area contributed by atoms with Crippen molar-refractivity contribution < 1.29 is 22.4 Å². The molecule has 0 bridgehead atoms. The van der Waals surface area contributed by atoms with E-state index in [0.717, 1.165) is 12.8 Å². The summed E-state index contributed by atoms with van der Waals surface area (Å²) in [5.74, 6) is -0.869. The lowest BCUT2D eigenvalue weighted by Gasteiger charge is -2.15. The second kappa shape index (κ2) is 7.96. The Kier molecular flexibility index (Phi) is 5.65. The predicted molar refractivity (Wildman–Crippen MR) is 100 cm³/mol. The van der Waals surface area contributed by atoms with E-state index in [1.54, 1.807) is 25.1 Å². The lowest BCUT2D eigenvalue weighted by Crippen LogP contribution is -2.41. The molecule has 2 aromatic rings. The minimum absolute atomic E-state index is 0.210. The molecular weight excluding hydrogens is 368 g/mol. The van der Waals surface area contributed by atoms with Gasteiger partial charge in [0.25, 0.3) is 5.91 Å². The highest BCUT2D eigenvalue weighted by molar-refractivity contribution is 7.92. The third kappa shape index (κ3) is 4.39. The van der Waals surface area contributed by atoms with Crippen molar-refractivity contribution in [2.75, 3.05) is 5.32 Å². The van der Waals surface area contributed by atoms with Gasteiger partial charge >= 0.3 is 0 Å². The number of carbonyl (C=O) groups is 2. The van der Waals surface area contributed by atoms with Crippen LogP contribution < -0.4 is 10.6 Å². The number of nitrogens with one attached hydrogen (secondary N) is 2. The summed E-state index contributed by atoms with van der Waals surface area (Å²) in [6.45, 7) is 1.55. The standard InChI is InChI=1S/C19H22N2O5S/c1-13(20-19(23)14-9-10-26-12-14)18(22)21-15-5-4-8-17(11-15)27(24,25)16-6-2-3-7-16/h4-5,8-13,16H,2-3,6-7H2,1H3,(H,20,23)(H,21,22)/t13-/m1/s1. The minimum atomic E-state index is -3.40. The Labute approximate surface area is 158 Å². The fourth-order valence-corrected chi connectivity index (χ4v) is 5.03. The molecule has 0 aliphatic heterocycles. The molecule has 1 aromatic heterocycles. The normalized spacial score (nSPS) is 16.0. The van der Waals surface area contributed by atoms with Gasteiger partial charge in [0.1, 0.15) is 12.3 Å². The van der Waals surface area contributed by atoms with Crippen LogP contribution in [0.15, 0.2) is 52.2 Å². The Morgan fingerprint density at radius 3 is 2.59 bits per heavy atom. The predicted octanol–water partition coefficient (Wildman–Crippen LogP) is 2.75. The van der Waals surface area contributed by atoms with Gasteiger partial charge in [-0.2, -0.15) is 0 Å². The molecule has 1 saturated carbocycles. The number of hydrogen-bond acceptors (Lipinski definition) is 5. The highest BCUT2D eigenvalue weighted by Gasteiger charge is 2.30. The largest absolute Gasteiger partial charge is 0.472 e. The second-order valence-electron chi connectivity index (χ2n) is 6.68. The van der Waals surface area contributed by atoms with E-state index in [0.29, 0.717) is 24.1 Å². The molecule has 2 N–H and O–H groups in total. The molecule has 144 valence electrons. The summed E-state index contributed by atoms with van der Waals surface area (Å²) < 4.78 is 30.3. The SMILES string of the molecule is C[C@@H](NC(=O)c1ccoc1)C(=O)Nc1cccc(S(=O)(=O)C2CCCC2)c1. The first-order valence-electron chi connectivity index (χ1n) is 8.86. The van der Waals surface area contributed by atoms with Gasteiger partial charge in [-0.05, 0) is 44.0 Å². The monoisotopic (exact) mass is 390 g/mol. The summed E-state index contributed by atoms with van der Waals surface area (Å²) in [7, 11) is -3.40. The smallest absolute Gasteiger partial charge is 0.255 e. The minimum Gasteiger partial charge on any atom is -0.472 e. The molecule has 0 unspecified atom stereocenters. The number of benzene rings is 1. The number of amides is 2. The van der Waals surface area contributed by atoms with Crippen LogP contribution in [0.1, 0.15) is 43.0 Å². The highest BCUT2D eigenvalue weighted by Crippen LogP contribution is 2.30. The van der Waals surface area contributed by atoms with Crippen LogP contribution in [0.5, 0.6) is 0 Å². The maximum Gasteiger partial charge on any atom is 0.255 e. The van der Waals surface area contributed by atoms with Gasteiger partial charge < -0.3 is 15.1 Å². The molecule has 0 spiro atoms. The summed E-state index contributed by atoms with van der Waals surface area (Å²) in [6, 6.07) is 6.94. The van der Waals surface area contributed by atoms with E-state index in [1.807, 2.05) is 0 Å². The Hall–Kier alpha value is -2.61. The zero-order chi connectivity index (χ0) is 19.4. The van der Waals surface area contributed by atoms with Crippen molar-refractivity contribution in [3.05, 3.63) is 48.4 Å². The summed E-state index contributed by atoms with van der Waals surface area (Å²) in [6.07, 6.45) is 5.86. The third-order valence-electron chi connectivity index (χ3n) is 4.70. The highest BCUT2D eigenvalue weighted by atomic mass is 32.2. The van der Waals surface area contributed by atoms with Crippen molar-refractivity contribution in [3.8, 4) is 0 Å². The van der Waals surface area contributed by atoms with Crippen LogP contribution in [0.25, 0.3) is 0 Å². The summed E-state index contributed by atoms with van der Waals surface area (Å²) in [5, 5.41) is 4.87. The van der Waals surface area contributed by atoms with Crippen LogP contribution in [0, 0.1) is 0 Å². The fraction of sp³-hybridized carbons (Fsp3) is 0.368. The van der Waals surface area contributed by atoms with Crippen LogP contribution in [-0.2, 0) is 14.6 Å². The molecule has 1 atom stereocenters. The Morgan fingerprint density at radius 2 is 1.93 bits per heavy atom. The molecule has 1 aliphatic carbocycles. The van der Waals surface area contributed by atoms with E-state index in [1.165, 1.54) is 24.7 Å². The molecule has 0 radical (unpaired) electrons. The third-order valence-corrected chi connectivity index (χ3v) is 6.96. The average Bonchev–Trinajstić information content (AvgIpc) is 3.35. The van der Waals surface area contributed by atoms with Gasteiger partial charge in [-0.1, -0.05) is 18.9 Å². The van der Waals surface area contributed by atoms with Crippen molar-refractivity contribution >= 4 is 27.3 Å². The van der Waals surface area contributed by atoms with E-state index < -0.39 is 27.7 Å². The van der Waals surface area contributed by atoms with Crippen LogP contribution in [0.4, 0.5) is 5.69 Å². The number of anilines is 1. The van der Waals surface area contributed by atoms with Crippen LogP contribution >= 0.6 is 0 Å². The number of carbonyl (C=O) groups excluding carboxylic acids is 2. The van der Waals surface area contributed by atoms with Gasteiger partial charge in [0.05, 0.1) is 22.0 Å². The quantitative estimate of drug-likeness (QED) is 0.789. The lowest BCUT2D eigenvalue weighted by atomic mass is 10.2. The van der Waals surface area contributed by atoms with E-state index in [2.05, 4.69) is 10.6 Å². The first-order valence-corrected chi connectivity index (χ1v) is 10.4. The summed E-state index contributed by atoms with van der Waals surface area (Å²) in [4.78, 5) is 24.5. The number of hydrogen-bond donors (Lipinski definition) is 2. The van der Waals surface area contributed by atoms with Gasteiger partial charge in [0.2, 0.25) is 5.91 Å². The van der Waals surface area contributed by atoms with Crippen molar-refractivity contribution in [1.29, 1.82) is 0 Å². The fourth-order valence-electron chi connectivity index (χ4n) is 3.13. The zero-order valence-electron chi connectivity index (χ0n) is 15.0. The number of rotatable bonds is 6. The van der Waals surface area contributed by atoms with Gasteiger partial charge in [-0.15, -0.1) is 0 Å². The van der Waals surface area contributed by atoms with Gasteiger partial charge in [-0.3, -0.25) is 9.59 Å². The van der Waals surface area contributed by atoms with Crippen LogP contribution in [0.3, 0.4) is 0 Å². The molecule has 2 amide bonds. The second-order valence-corrected chi connectivity index (χ2v) is 8.90. The maximum absolute atomic E-state index is 12.7. The van der Waals surface area contributed by atoms with E-state index in [9.17, 15) is 18.0 Å². The zero-order valence-corrected chi connectivity index (χ0v) is 15.8. The molecule has 27 heavy (non-hydrogen) atoms. The van der Waals surface area contributed by atoms with E-state index in [4.69, 9.17) is 4.42 Å². The molecule has 0 saturated heterocycles. The summed E-state index contributed by atoms with van der Waals surface area (Å²) in [5.41, 5.74) is 0.697. The van der Waals surface area contributed by atoms with Crippen molar-refractivity contribution in [2.24, 2.45) is 0 Å². The molecule has 1 fully saturated rings. The average molecular weight is 390 g/mol. The van der Waals surface area contributed by atoms with Crippen molar-refractivity contribution in [3.63, 3.8) is 0 Å². The molecule has 1 aromatic carbocycles. The van der Waals surface area contributed by atoms with Gasteiger partial charge in [-0.25, -0.2) is 8.42 Å². The van der Waals surface area contributed by atoms with Crippen LogP contribution in [-0.4, -0.2) is 31.5 Å². The molecule has 8 heteroatoms. The lowest BCUT2D eigenvalue weighted by molar-refractivity contribution is -0.117. The van der Waals surface area contributed by atoms with Crippen molar-refractivity contribution in [1.82, 2.24) is 5.32 Å².